The normalized spacial score (nSPS) is 17.6. The van der Waals surface area contributed by atoms with E-state index in [-0.39, 0.29) is 50.7 Å². The quantitative estimate of drug-likeness (QED) is 0.356. The number of aliphatic hydroxyl groups is 1. The van der Waals surface area contributed by atoms with Gasteiger partial charge in [0.2, 0.25) is 11.2 Å². The molecule has 1 aliphatic heterocycles. The molecule has 2 heterocycles. The number of rotatable bonds is 3. The summed E-state index contributed by atoms with van der Waals surface area (Å²) in [6.07, 6.45) is -1.60. The number of ether oxygens (including phenoxy) is 3. The molecule has 0 fully saturated rings. The zero-order valence-corrected chi connectivity index (χ0v) is 16.7. The van der Waals surface area contributed by atoms with Gasteiger partial charge in [0.25, 0.3) is 0 Å². The molecule has 32 heavy (non-hydrogen) atoms. The number of methoxy groups -OCH3 is 1. The van der Waals surface area contributed by atoms with Crippen LogP contribution in [-0.4, -0.2) is 40.2 Å². The third kappa shape index (κ3) is 2.94. The van der Waals surface area contributed by atoms with Crippen molar-refractivity contribution in [2.24, 2.45) is 0 Å². The molecule has 0 aliphatic carbocycles. The smallest absolute Gasteiger partial charge is 0.205 e. The highest BCUT2D eigenvalue weighted by atomic mass is 16.6. The summed E-state index contributed by atoms with van der Waals surface area (Å²) in [5, 5.41) is 39.8. The van der Waals surface area contributed by atoms with Gasteiger partial charge < -0.3 is 39.1 Å². The predicted octanol–water partition coefficient (Wildman–Crippen LogP) is 2.95. The van der Waals surface area contributed by atoms with E-state index in [0.29, 0.717) is 5.56 Å². The van der Waals surface area contributed by atoms with Gasteiger partial charge in [0.1, 0.15) is 22.5 Å². The highest BCUT2D eigenvalue weighted by Gasteiger charge is 2.35. The minimum Gasteiger partial charge on any atom is -0.508 e. The minimum absolute atomic E-state index is 0.0251. The van der Waals surface area contributed by atoms with E-state index in [1.807, 2.05) is 0 Å². The monoisotopic (exact) mass is 438 g/mol. The van der Waals surface area contributed by atoms with Crippen molar-refractivity contribution < 1.29 is 39.1 Å². The summed E-state index contributed by atoms with van der Waals surface area (Å²) in [5.74, 6) is -0.0880. The lowest BCUT2D eigenvalue weighted by Crippen LogP contribution is -2.36. The van der Waals surface area contributed by atoms with Crippen LogP contribution in [0.3, 0.4) is 0 Å². The Kier molecular flexibility index (Phi) is 4.49. The first-order valence-corrected chi connectivity index (χ1v) is 9.68. The Morgan fingerprint density at radius 2 is 1.81 bits per heavy atom. The van der Waals surface area contributed by atoms with Crippen molar-refractivity contribution in [2.45, 2.75) is 12.2 Å². The number of hydrogen-bond donors (Lipinski definition) is 4. The molecule has 1 aromatic heterocycles. The summed E-state index contributed by atoms with van der Waals surface area (Å²) in [7, 11) is 1.42. The summed E-state index contributed by atoms with van der Waals surface area (Å²) in [6.45, 7) is -0.414. The average Bonchev–Trinajstić information content (AvgIpc) is 2.78. The first-order valence-electron chi connectivity index (χ1n) is 9.68. The molecule has 2 atom stereocenters. The summed E-state index contributed by atoms with van der Waals surface area (Å²) in [6, 6.07) is 9.96. The van der Waals surface area contributed by atoms with E-state index in [4.69, 9.17) is 18.6 Å². The molecule has 5 rings (SSSR count). The summed E-state index contributed by atoms with van der Waals surface area (Å²) >= 11 is 0. The standard InChI is InChI=1S/C23H18O9/c1-29-16-6-10(2-4-13(16)26)21-18(9-24)32-23-15(30-21)5-3-12-20(28)19-14(27)7-11(25)8-17(19)31-22(12)23/h2-8,18,21,24-27H,9H2,1H3/t18-,21-/m1/s1. The number of aliphatic hydroxyl groups excluding tert-OH is 1. The van der Waals surface area contributed by atoms with Crippen LogP contribution in [0.4, 0.5) is 0 Å². The number of hydrogen-bond acceptors (Lipinski definition) is 9. The van der Waals surface area contributed by atoms with E-state index in [2.05, 4.69) is 0 Å². The molecule has 9 heteroatoms. The summed E-state index contributed by atoms with van der Waals surface area (Å²) in [4.78, 5) is 13.0. The first-order chi connectivity index (χ1) is 15.4. The van der Waals surface area contributed by atoms with Crippen LogP contribution >= 0.6 is 0 Å². The average molecular weight is 438 g/mol. The van der Waals surface area contributed by atoms with Gasteiger partial charge in [0.15, 0.2) is 35.0 Å². The van der Waals surface area contributed by atoms with Gasteiger partial charge in [-0.3, -0.25) is 4.79 Å². The second-order valence-corrected chi connectivity index (χ2v) is 7.35. The largest absolute Gasteiger partial charge is 0.508 e. The molecule has 9 nitrogen and oxygen atoms in total. The van der Waals surface area contributed by atoms with Gasteiger partial charge in [0, 0.05) is 17.7 Å². The Labute approximate surface area is 180 Å². The third-order valence-corrected chi connectivity index (χ3v) is 5.40. The van der Waals surface area contributed by atoms with Crippen LogP contribution in [0.2, 0.25) is 0 Å². The van der Waals surface area contributed by atoms with Gasteiger partial charge in [0.05, 0.1) is 19.1 Å². The van der Waals surface area contributed by atoms with Crippen LogP contribution in [0.5, 0.6) is 34.5 Å². The highest BCUT2D eigenvalue weighted by Crippen LogP contribution is 2.45. The number of benzene rings is 3. The van der Waals surface area contributed by atoms with Crippen molar-refractivity contribution in [3.63, 3.8) is 0 Å². The van der Waals surface area contributed by atoms with Crippen molar-refractivity contribution in [1.29, 1.82) is 0 Å². The zero-order chi connectivity index (χ0) is 22.6. The SMILES string of the molecule is COc1cc([C@H]2Oc3ccc4c(=O)c5c(O)cc(O)cc5oc4c3O[C@@H]2CO)ccc1O. The maximum absolute atomic E-state index is 13.0. The first kappa shape index (κ1) is 19.8. The van der Waals surface area contributed by atoms with Crippen LogP contribution in [0.25, 0.3) is 21.9 Å². The summed E-state index contributed by atoms with van der Waals surface area (Å²) in [5.41, 5.74) is 0.128. The molecule has 0 spiro atoms. The lowest BCUT2D eigenvalue weighted by atomic mass is 10.0. The van der Waals surface area contributed by atoms with E-state index in [1.165, 1.54) is 31.4 Å². The molecule has 4 aromatic rings. The lowest BCUT2D eigenvalue weighted by Gasteiger charge is -2.33. The molecule has 0 saturated heterocycles. The topological polar surface area (TPSA) is 139 Å². The molecule has 4 N–H and O–H groups in total. The Hall–Kier alpha value is -4.11. The van der Waals surface area contributed by atoms with Crippen LogP contribution in [0, 0.1) is 0 Å². The van der Waals surface area contributed by atoms with Crippen molar-refractivity contribution in [3.05, 3.63) is 58.3 Å². The van der Waals surface area contributed by atoms with E-state index < -0.39 is 30.0 Å². The Bertz CT molecular complexity index is 1420. The minimum atomic E-state index is -0.860. The lowest BCUT2D eigenvalue weighted by molar-refractivity contribution is -0.0117. The van der Waals surface area contributed by atoms with Crippen molar-refractivity contribution in [3.8, 4) is 34.5 Å². The second kappa shape index (κ2) is 7.24. The fraction of sp³-hybridized carbons (Fsp3) is 0.174. The molecular formula is C23H18O9. The molecular weight excluding hydrogens is 420 g/mol. The Morgan fingerprint density at radius 1 is 1.00 bits per heavy atom. The van der Waals surface area contributed by atoms with Crippen LogP contribution in [-0.2, 0) is 0 Å². The van der Waals surface area contributed by atoms with Crippen molar-refractivity contribution >= 4 is 21.9 Å². The number of aromatic hydroxyl groups is 3. The fourth-order valence-corrected chi connectivity index (χ4v) is 3.88. The van der Waals surface area contributed by atoms with E-state index in [0.717, 1.165) is 6.07 Å². The van der Waals surface area contributed by atoms with Gasteiger partial charge in [-0.1, -0.05) is 6.07 Å². The third-order valence-electron chi connectivity index (χ3n) is 5.40. The van der Waals surface area contributed by atoms with E-state index in [9.17, 15) is 25.2 Å². The number of fused-ring (bicyclic) bond motifs is 4. The van der Waals surface area contributed by atoms with Crippen LogP contribution in [0.1, 0.15) is 11.7 Å². The molecule has 164 valence electrons. The number of phenols is 3. The van der Waals surface area contributed by atoms with Crippen molar-refractivity contribution in [1.82, 2.24) is 0 Å². The molecule has 0 amide bonds. The Balaban J connectivity index is 1.68. The summed E-state index contributed by atoms with van der Waals surface area (Å²) < 4.78 is 23.0. The molecule has 0 radical (unpaired) electrons. The highest BCUT2D eigenvalue weighted by molar-refractivity contribution is 5.96. The molecule has 0 saturated carbocycles. The molecule has 3 aromatic carbocycles. The van der Waals surface area contributed by atoms with Gasteiger partial charge in [-0.15, -0.1) is 0 Å². The predicted molar refractivity (Wildman–Crippen MR) is 113 cm³/mol. The van der Waals surface area contributed by atoms with Gasteiger partial charge in [-0.05, 0) is 24.3 Å². The zero-order valence-electron chi connectivity index (χ0n) is 16.7. The van der Waals surface area contributed by atoms with Crippen molar-refractivity contribution in [2.75, 3.05) is 13.7 Å². The van der Waals surface area contributed by atoms with E-state index in [1.54, 1.807) is 12.1 Å². The molecule has 1 aliphatic rings. The number of phenolic OH excluding ortho intramolecular Hbond substituents is 3. The molecule has 0 unspecified atom stereocenters. The fourth-order valence-electron chi connectivity index (χ4n) is 3.88. The van der Waals surface area contributed by atoms with Crippen LogP contribution < -0.4 is 19.6 Å². The van der Waals surface area contributed by atoms with Crippen LogP contribution in [0.15, 0.2) is 51.7 Å². The van der Waals surface area contributed by atoms with E-state index >= 15 is 0 Å². The van der Waals surface area contributed by atoms with Gasteiger partial charge >= 0.3 is 0 Å². The second-order valence-electron chi connectivity index (χ2n) is 7.35. The molecule has 0 bridgehead atoms. The van der Waals surface area contributed by atoms with Gasteiger partial charge in [-0.2, -0.15) is 0 Å². The van der Waals surface area contributed by atoms with Gasteiger partial charge in [-0.25, -0.2) is 0 Å². The maximum Gasteiger partial charge on any atom is 0.205 e. The Morgan fingerprint density at radius 3 is 2.56 bits per heavy atom. The maximum atomic E-state index is 13.0.